The molecule has 10 heteroatoms. The van der Waals surface area contributed by atoms with Gasteiger partial charge in [-0.25, -0.2) is 19.7 Å². The quantitative estimate of drug-likeness (QED) is 0.229. The Morgan fingerprint density at radius 3 is 2.63 bits per heavy atom. The Kier molecular flexibility index (Phi) is 7.92. The summed E-state index contributed by atoms with van der Waals surface area (Å²) in [6.45, 7) is 1.96. The highest BCUT2D eigenvalue weighted by Gasteiger charge is 2.26. The van der Waals surface area contributed by atoms with E-state index in [9.17, 15) is 14.4 Å². The second kappa shape index (κ2) is 11.1. The van der Waals surface area contributed by atoms with E-state index in [0.717, 1.165) is 42.5 Å². The number of ketones is 2. The van der Waals surface area contributed by atoms with E-state index < -0.39 is 5.97 Å². The lowest BCUT2D eigenvalue weighted by Gasteiger charge is -2.13. The van der Waals surface area contributed by atoms with E-state index in [4.69, 9.17) is 10.8 Å². The number of carbonyl (C=O) groups is 3. The number of thioether (sulfide) groups is 1. The molecule has 182 valence electrons. The Morgan fingerprint density at radius 1 is 1.14 bits per heavy atom. The maximum absolute atomic E-state index is 13.1. The molecule has 1 saturated carbocycles. The summed E-state index contributed by atoms with van der Waals surface area (Å²) < 4.78 is 0. The molecular weight excluding hydrogens is 484 g/mol. The predicted molar refractivity (Wildman–Crippen MR) is 135 cm³/mol. The number of anilines is 1. The Labute approximate surface area is 211 Å². The fourth-order valence-electron chi connectivity index (χ4n) is 4.17. The lowest BCUT2D eigenvalue weighted by Crippen LogP contribution is -2.16. The third-order valence-corrected chi connectivity index (χ3v) is 7.76. The lowest BCUT2D eigenvalue weighted by atomic mass is 9.90. The van der Waals surface area contributed by atoms with Gasteiger partial charge in [0.15, 0.2) is 10.9 Å². The van der Waals surface area contributed by atoms with E-state index in [1.54, 1.807) is 0 Å². The Morgan fingerprint density at radius 2 is 1.91 bits per heavy atom. The molecule has 0 aliphatic heterocycles. The predicted octanol–water partition coefficient (Wildman–Crippen LogP) is 4.54. The average molecular weight is 511 g/mol. The number of aromatic nitrogens is 3. The minimum absolute atomic E-state index is 0.0169. The van der Waals surface area contributed by atoms with Crippen molar-refractivity contribution in [1.82, 2.24) is 15.0 Å². The van der Waals surface area contributed by atoms with Gasteiger partial charge in [0.05, 0.1) is 12.1 Å². The number of nitrogen functional groups attached to an aromatic ring is 1. The summed E-state index contributed by atoms with van der Waals surface area (Å²) in [6.07, 6.45) is 5.65. The van der Waals surface area contributed by atoms with Gasteiger partial charge in [-0.05, 0) is 31.4 Å². The van der Waals surface area contributed by atoms with Crippen molar-refractivity contribution in [3.63, 3.8) is 0 Å². The minimum Gasteiger partial charge on any atom is -0.477 e. The van der Waals surface area contributed by atoms with Gasteiger partial charge in [-0.1, -0.05) is 42.3 Å². The first-order chi connectivity index (χ1) is 16.8. The molecule has 1 aromatic carbocycles. The van der Waals surface area contributed by atoms with Crippen LogP contribution < -0.4 is 5.73 Å². The first-order valence-electron chi connectivity index (χ1n) is 11.4. The van der Waals surface area contributed by atoms with Crippen LogP contribution in [-0.4, -0.2) is 37.6 Å². The van der Waals surface area contributed by atoms with Crippen LogP contribution in [0.1, 0.15) is 68.2 Å². The molecule has 1 fully saturated rings. The zero-order valence-electron chi connectivity index (χ0n) is 19.3. The number of rotatable bonds is 10. The van der Waals surface area contributed by atoms with Crippen LogP contribution in [0, 0.1) is 12.8 Å². The number of aryl methyl sites for hydroxylation is 1. The monoisotopic (exact) mass is 510 g/mol. The topological polar surface area (TPSA) is 136 Å². The van der Waals surface area contributed by atoms with E-state index in [1.165, 1.54) is 29.3 Å². The maximum atomic E-state index is 13.1. The van der Waals surface area contributed by atoms with E-state index >= 15 is 0 Å². The summed E-state index contributed by atoms with van der Waals surface area (Å²) in [4.78, 5) is 49.5. The fraction of sp³-hybridized carbons (Fsp3) is 0.360. The normalized spacial score (nSPS) is 13.7. The third-order valence-electron chi connectivity index (χ3n) is 5.97. The smallest absolute Gasteiger partial charge is 0.341 e. The number of carboxylic acid groups (broad SMARTS) is 1. The van der Waals surface area contributed by atoms with Gasteiger partial charge in [0.1, 0.15) is 22.2 Å². The Hall–Kier alpha value is -3.11. The summed E-state index contributed by atoms with van der Waals surface area (Å²) in [5.41, 5.74) is 8.82. The molecule has 0 amide bonds. The lowest BCUT2D eigenvalue weighted by molar-refractivity contribution is -0.117. The summed E-state index contributed by atoms with van der Waals surface area (Å²) in [5, 5.41) is 12.0. The number of hydrogen-bond donors (Lipinski definition) is 2. The molecule has 8 nitrogen and oxygen atoms in total. The standard InChI is InChI=1S/C25H26N4O4S2/c1-14-6-7-16(19(8-14)22(31)15-4-2-3-5-15)9-18(30)10-21-28-17(12-34-21)13-35-25-27-11-20(24(32)33)23(26)29-25/h6-8,11-12,15H,2-5,9-10,13H2,1H3,(H,32,33)(H2,26,27,29). The number of hydrogen-bond acceptors (Lipinski definition) is 9. The van der Waals surface area contributed by atoms with Crippen LogP contribution in [0.3, 0.4) is 0 Å². The van der Waals surface area contributed by atoms with Crippen molar-refractivity contribution in [2.45, 2.75) is 56.4 Å². The van der Waals surface area contributed by atoms with Crippen molar-refractivity contribution in [2.75, 3.05) is 5.73 Å². The van der Waals surface area contributed by atoms with Gasteiger partial charge < -0.3 is 10.8 Å². The minimum atomic E-state index is -1.17. The Balaban J connectivity index is 1.36. The SMILES string of the molecule is Cc1ccc(CC(=O)Cc2nc(CSc3ncc(C(=O)O)c(N)n3)cs2)c(C(=O)C2CCCC2)c1. The molecule has 35 heavy (non-hydrogen) atoms. The highest BCUT2D eigenvalue weighted by molar-refractivity contribution is 7.98. The zero-order chi connectivity index (χ0) is 24.9. The second-order valence-electron chi connectivity index (χ2n) is 8.68. The molecule has 0 saturated heterocycles. The summed E-state index contributed by atoms with van der Waals surface area (Å²) in [6, 6.07) is 5.77. The number of aromatic carboxylic acids is 1. The number of thiazole rings is 1. The first-order valence-corrected chi connectivity index (χ1v) is 13.2. The van der Waals surface area contributed by atoms with Crippen LogP contribution in [0.2, 0.25) is 0 Å². The molecule has 3 aromatic rings. The summed E-state index contributed by atoms with van der Waals surface area (Å²) >= 11 is 2.70. The molecular formula is C25H26N4O4S2. The van der Waals surface area contributed by atoms with Gasteiger partial charge in [-0.3, -0.25) is 9.59 Å². The van der Waals surface area contributed by atoms with Gasteiger partial charge in [-0.2, -0.15) is 0 Å². The fourth-order valence-corrected chi connectivity index (χ4v) is 5.82. The highest BCUT2D eigenvalue weighted by atomic mass is 32.2. The van der Waals surface area contributed by atoms with Gasteiger partial charge >= 0.3 is 5.97 Å². The summed E-state index contributed by atoms with van der Waals surface area (Å²) in [5.74, 6) is -0.529. The van der Waals surface area contributed by atoms with E-state index in [0.29, 0.717) is 21.5 Å². The molecule has 1 aliphatic rings. The maximum Gasteiger partial charge on any atom is 0.341 e. The molecule has 0 bridgehead atoms. The molecule has 3 N–H and O–H groups in total. The number of nitrogens with two attached hydrogens (primary N) is 1. The largest absolute Gasteiger partial charge is 0.477 e. The van der Waals surface area contributed by atoms with E-state index in [2.05, 4.69) is 15.0 Å². The van der Waals surface area contributed by atoms with Crippen molar-refractivity contribution in [3.05, 3.63) is 62.7 Å². The molecule has 1 aliphatic carbocycles. The molecule has 0 unspecified atom stereocenters. The van der Waals surface area contributed by atoms with Crippen molar-refractivity contribution in [3.8, 4) is 0 Å². The molecule has 0 spiro atoms. The van der Waals surface area contributed by atoms with Crippen molar-refractivity contribution in [2.24, 2.45) is 5.92 Å². The molecule has 0 radical (unpaired) electrons. The third kappa shape index (κ3) is 6.32. The number of benzene rings is 1. The van der Waals surface area contributed by atoms with Crippen LogP contribution >= 0.6 is 23.1 Å². The Bertz CT molecular complexity index is 1270. The van der Waals surface area contributed by atoms with Crippen LogP contribution in [-0.2, 0) is 23.4 Å². The first kappa shape index (κ1) is 25.0. The second-order valence-corrected chi connectivity index (χ2v) is 10.6. The number of Topliss-reactive ketones (excluding diaryl/α,β-unsaturated/α-hetero) is 2. The average Bonchev–Trinajstić information content (AvgIpc) is 3.50. The van der Waals surface area contributed by atoms with Gasteiger partial charge in [0.25, 0.3) is 0 Å². The number of nitrogens with zero attached hydrogens (tertiary/aromatic N) is 3. The van der Waals surface area contributed by atoms with Crippen molar-refractivity contribution in [1.29, 1.82) is 0 Å². The number of carboxylic acids is 1. The molecule has 2 aromatic heterocycles. The van der Waals surface area contributed by atoms with Gasteiger partial charge in [0, 0.05) is 35.2 Å². The summed E-state index contributed by atoms with van der Waals surface area (Å²) in [7, 11) is 0. The van der Waals surface area contributed by atoms with Crippen molar-refractivity contribution >= 4 is 46.5 Å². The molecule has 4 rings (SSSR count). The van der Waals surface area contributed by atoms with Crippen LogP contribution in [0.25, 0.3) is 0 Å². The number of carbonyl (C=O) groups excluding carboxylic acids is 2. The van der Waals surface area contributed by atoms with Crippen LogP contribution in [0.15, 0.2) is 34.9 Å². The van der Waals surface area contributed by atoms with Crippen LogP contribution in [0.5, 0.6) is 0 Å². The van der Waals surface area contributed by atoms with Crippen molar-refractivity contribution < 1.29 is 19.5 Å². The molecule has 0 atom stereocenters. The molecule has 2 heterocycles. The van der Waals surface area contributed by atoms with E-state index in [1.807, 2.05) is 30.5 Å². The highest BCUT2D eigenvalue weighted by Crippen LogP contribution is 2.30. The zero-order valence-corrected chi connectivity index (χ0v) is 21.0. The van der Waals surface area contributed by atoms with Gasteiger partial charge in [-0.15, -0.1) is 11.3 Å². The van der Waals surface area contributed by atoms with Crippen LogP contribution in [0.4, 0.5) is 5.82 Å². The van der Waals surface area contributed by atoms with Gasteiger partial charge in [0.2, 0.25) is 0 Å². The van der Waals surface area contributed by atoms with E-state index in [-0.39, 0.29) is 41.7 Å².